The number of non-ortho nitro benzene ring substituents is 1. The number of carbonyl (C=O) groups is 1. The zero-order valence-electron chi connectivity index (χ0n) is 14.3. The third-order valence-electron chi connectivity index (χ3n) is 3.74. The number of nitrogens with one attached hydrogen (secondary N) is 1. The van der Waals surface area contributed by atoms with E-state index in [2.05, 4.69) is 5.32 Å². The molecular formula is C20H12ClN3O4. The molecule has 7 nitrogen and oxygen atoms in total. The molecule has 0 atom stereocenters. The first-order chi connectivity index (χ1) is 13.5. The molecule has 138 valence electrons. The molecule has 1 aromatic heterocycles. The summed E-state index contributed by atoms with van der Waals surface area (Å²) in [6, 6.07) is 17.6. The molecule has 0 aliphatic heterocycles. The zero-order chi connectivity index (χ0) is 20.1. The summed E-state index contributed by atoms with van der Waals surface area (Å²) in [6.07, 6.45) is 1.28. The zero-order valence-corrected chi connectivity index (χ0v) is 15.0. The molecule has 0 saturated heterocycles. The number of hydrogen-bond donors (Lipinski definition) is 1. The number of nitriles is 1. The summed E-state index contributed by atoms with van der Waals surface area (Å²) in [5.74, 6) is -0.0712. The minimum Gasteiger partial charge on any atom is -0.457 e. The van der Waals surface area contributed by atoms with Crippen molar-refractivity contribution >= 4 is 35.0 Å². The second kappa shape index (κ2) is 8.20. The molecule has 0 radical (unpaired) electrons. The van der Waals surface area contributed by atoms with Crippen LogP contribution in [-0.2, 0) is 4.79 Å². The number of nitro benzene ring substituents is 1. The Bertz CT molecular complexity index is 1110. The van der Waals surface area contributed by atoms with E-state index in [-0.39, 0.29) is 27.8 Å². The average molecular weight is 394 g/mol. The lowest BCUT2D eigenvalue weighted by atomic mass is 10.1. The van der Waals surface area contributed by atoms with Gasteiger partial charge in [-0.15, -0.1) is 0 Å². The molecule has 0 spiro atoms. The maximum absolute atomic E-state index is 12.3. The quantitative estimate of drug-likeness (QED) is 0.282. The smallest absolute Gasteiger partial charge is 0.270 e. The first-order valence-electron chi connectivity index (χ1n) is 8.00. The predicted molar refractivity (Wildman–Crippen MR) is 104 cm³/mol. The summed E-state index contributed by atoms with van der Waals surface area (Å²) in [5, 5.41) is 23.1. The molecule has 1 N–H and O–H groups in total. The number of nitro groups is 1. The minimum absolute atomic E-state index is 0.132. The van der Waals surface area contributed by atoms with Crippen LogP contribution in [0.5, 0.6) is 0 Å². The molecule has 0 aliphatic carbocycles. The normalized spacial score (nSPS) is 10.9. The summed E-state index contributed by atoms with van der Waals surface area (Å²) in [4.78, 5) is 22.7. The number of anilines is 1. The van der Waals surface area contributed by atoms with Gasteiger partial charge in [-0.05, 0) is 30.3 Å². The van der Waals surface area contributed by atoms with Crippen molar-refractivity contribution in [3.63, 3.8) is 0 Å². The van der Waals surface area contributed by atoms with Crippen LogP contribution in [0, 0.1) is 21.4 Å². The second-order valence-electron chi connectivity index (χ2n) is 5.61. The number of amides is 1. The third kappa shape index (κ3) is 4.26. The Hall–Kier alpha value is -3.89. The van der Waals surface area contributed by atoms with Gasteiger partial charge in [-0.1, -0.05) is 29.8 Å². The SMILES string of the molecule is N#CC(=Cc1ccc(-c2cc([N+](=O)[O-])ccc2Cl)o1)C(=O)Nc1ccccc1. The largest absolute Gasteiger partial charge is 0.457 e. The molecule has 1 heterocycles. The molecule has 1 amide bonds. The van der Waals surface area contributed by atoms with Crippen molar-refractivity contribution in [1.29, 1.82) is 5.26 Å². The Morgan fingerprint density at radius 3 is 2.61 bits per heavy atom. The highest BCUT2D eigenvalue weighted by molar-refractivity contribution is 6.33. The van der Waals surface area contributed by atoms with Crippen LogP contribution in [0.1, 0.15) is 5.76 Å². The van der Waals surface area contributed by atoms with Crippen LogP contribution in [0.15, 0.2) is 70.7 Å². The molecule has 8 heteroatoms. The Morgan fingerprint density at radius 2 is 1.93 bits per heavy atom. The van der Waals surface area contributed by atoms with Gasteiger partial charge in [0.1, 0.15) is 23.2 Å². The van der Waals surface area contributed by atoms with E-state index in [0.717, 1.165) is 0 Å². The van der Waals surface area contributed by atoms with Gasteiger partial charge in [0.15, 0.2) is 0 Å². The predicted octanol–water partition coefficient (Wildman–Crippen LogP) is 5.05. The molecule has 3 aromatic rings. The number of rotatable bonds is 5. The van der Waals surface area contributed by atoms with Gasteiger partial charge in [0.05, 0.1) is 9.95 Å². The Kier molecular flexibility index (Phi) is 5.53. The lowest BCUT2D eigenvalue weighted by Crippen LogP contribution is -2.13. The fraction of sp³-hybridized carbons (Fsp3) is 0. The maximum Gasteiger partial charge on any atom is 0.270 e. The topological polar surface area (TPSA) is 109 Å². The molecule has 0 unspecified atom stereocenters. The first kappa shape index (κ1) is 18.9. The number of nitrogens with zero attached hydrogens (tertiary/aromatic N) is 2. The highest BCUT2D eigenvalue weighted by Gasteiger charge is 2.15. The van der Waals surface area contributed by atoms with Crippen molar-refractivity contribution < 1.29 is 14.1 Å². The van der Waals surface area contributed by atoms with Gasteiger partial charge < -0.3 is 9.73 Å². The number of furan rings is 1. The second-order valence-corrected chi connectivity index (χ2v) is 6.02. The van der Waals surface area contributed by atoms with Gasteiger partial charge in [-0.25, -0.2) is 0 Å². The van der Waals surface area contributed by atoms with Crippen LogP contribution in [0.3, 0.4) is 0 Å². The Labute approximate surface area is 164 Å². The van der Waals surface area contributed by atoms with Gasteiger partial charge in [-0.3, -0.25) is 14.9 Å². The van der Waals surface area contributed by atoms with Crippen LogP contribution in [0.2, 0.25) is 5.02 Å². The number of carbonyl (C=O) groups excluding carboxylic acids is 1. The monoisotopic (exact) mass is 393 g/mol. The van der Waals surface area contributed by atoms with Crippen molar-refractivity contribution in [2.24, 2.45) is 0 Å². The summed E-state index contributed by atoms with van der Waals surface area (Å²) >= 11 is 6.10. The Balaban J connectivity index is 1.87. The van der Waals surface area contributed by atoms with Crippen molar-refractivity contribution in [3.05, 3.63) is 87.1 Å². The van der Waals surface area contributed by atoms with E-state index < -0.39 is 10.8 Å². The number of hydrogen-bond acceptors (Lipinski definition) is 5. The number of benzene rings is 2. The maximum atomic E-state index is 12.3. The van der Waals surface area contributed by atoms with E-state index in [4.69, 9.17) is 16.0 Å². The molecule has 0 aliphatic rings. The number of halogens is 1. The lowest BCUT2D eigenvalue weighted by molar-refractivity contribution is -0.384. The van der Waals surface area contributed by atoms with Gasteiger partial charge in [0, 0.05) is 29.5 Å². The number of para-hydroxylation sites is 1. The molecular weight excluding hydrogens is 382 g/mol. The summed E-state index contributed by atoms with van der Waals surface area (Å²) in [5.41, 5.74) is 0.600. The van der Waals surface area contributed by atoms with Crippen LogP contribution in [-0.4, -0.2) is 10.8 Å². The third-order valence-corrected chi connectivity index (χ3v) is 4.07. The van der Waals surface area contributed by atoms with E-state index in [1.165, 1.54) is 30.3 Å². The van der Waals surface area contributed by atoms with Crippen LogP contribution in [0.25, 0.3) is 17.4 Å². The van der Waals surface area contributed by atoms with Gasteiger partial charge in [0.2, 0.25) is 0 Å². The van der Waals surface area contributed by atoms with E-state index in [0.29, 0.717) is 11.3 Å². The molecule has 0 fully saturated rings. The summed E-state index contributed by atoms with van der Waals surface area (Å²) in [6.45, 7) is 0. The minimum atomic E-state index is -0.583. The van der Waals surface area contributed by atoms with E-state index in [9.17, 15) is 20.2 Å². The van der Waals surface area contributed by atoms with Crippen molar-refractivity contribution in [2.45, 2.75) is 0 Å². The lowest BCUT2D eigenvalue weighted by Gasteiger charge is -2.03. The van der Waals surface area contributed by atoms with Crippen molar-refractivity contribution in [2.75, 3.05) is 5.32 Å². The van der Waals surface area contributed by atoms with Crippen LogP contribution in [0.4, 0.5) is 11.4 Å². The average Bonchev–Trinajstić information content (AvgIpc) is 3.15. The Morgan fingerprint density at radius 1 is 1.18 bits per heavy atom. The molecule has 0 bridgehead atoms. The highest BCUT2D eigenvalue weighted by atomic mass is 35.5. The van der Waals surface area contributed by atoms with Crippen molar-refractivity contribution in [1.82, 2.24) is 0 Å². The van der Waals surface area contributed by atoms with E-state index in [1.807, 2.05) is 6.07 Å². The van der Waals surface area contributed by atoms with E-state index in [1.54, 1.807) is 36.4 Å². The molecule has 3 rings (SSSR count). The highest BCUT2D eigenvalue weighted by Crippen LogP contribution is 2.33. The van der Waals surface area contributed by atoms with E-state index >= 15 is 0 Å². The molecule has 0 saturated carbocycles. The first-order valence-corrected chi connectivity index (χ1v) is 8.38. The fourth-order valence-electron chi connectivity index (χ4n) is 2.40. The summed E-state index contributed by atoms with van der Waals surface area (Å²) in [7, 11) is 0. The van der Waals surface area contributed by atoms with Gasteiger partial charge in [-0.2, -0.15) is 5.26 Å². The van der Waals surface area contributed by atoms with Gasteiger partial charge >= 0.3 is 0 Å². The molecule has 2 aromatic carbocycles. The molecule has 28 heavy (non-hydrogen) atoms. The summed E-state index contributed by atoms with van der Waals surface area (Å²) < 4.78 is 5.60. The van der Waals surface area contributed by atoms with Crippen LogP contribution < -0.4 is 5.32 Å². The van der Waals surface area contributed by atoms with Crippen molar-refractivity contribution in [3.8, 4) is 17.4 Å². The van der Waals surface area contributed by atoms with Crippen LogP contribution >= 0.6 is 11.6 Å². The fourth-order valence-corrected chi connectivity index (χ4v) is 2.61. The van der Waals surface area contributed by atoms with Gasteiger partial charge in [0.25, 0.3) is 11.6 Å². The standard InChI is InChI=1S/C20H12ClN3O4/c21-18-8-6-15(24(26)27)11-17(18)19-9-7-16(28-19)10-13(12-22)20(25)23-14-4-2-1-3-5-14/h1-11H,(H,23,25).